The van der Waals surface area contributed by atoms with Crippen LogP contribution in [0.3, 0.4) is 0 Å². The molecule has 4 nitrogen and oxygen atoms in total. The maximum atomic E-state index is 13.3. The van der Waals surface area contributed by atoms with Crippen molar-refractivity contribution in [2.75, 3.05) is 6.54 Å². The van der Waals surface area contributed by atoms with Crippen molar-refractivity contribution in [1.29, 1.82) is 0 Å². The average molecular weight is 345 g/mol. The Morgan fingerprint density at radius 1 is 1.08 bits per heavy atom. The van der Waals surface area contributed by atoms with Gasteiger partial charge in [0.1, 0.15) is 5.58 Å². The van der Waals surface area contributed by atoms with Crippen LogP contribution in [0.1, 0.15) is 38.9 Å². The summed E-state index contributed by atoms with van der Waals surface area (Å²) in [7, 11) is 0. The second-order valence-electron chi connectivity index (χ2n) is 6.73. The zero-order valence-corrected chi connectivity index (χ0v) is 14.8. The summed E-state index contributed by atoms with van der Waals surface area (Å²) in [6.45, 7) is 8.03. The molecule has 1 aliphatic rings. The largest absolute Gasteiger partial charge is 0.450 e. The first-order valence-electron chi connectivity index (χ1n) is 8.57. The number of fused-ring (bicyclic) bond motifs is 2. The van der Waals surface area contributed by atoms with Crippen LogP contribution < -0.4 is 5.43 Å². The minimum absolute atomic E-state index is 0.138. The molecule has 4 rings (SSSR count). The first-order chi connectivity index (χ1) is 12.5. The third-order valence-corrected chi connectivity index (χ3v) is 4.84. The van der Waals surface area contributed by atoms with Crippen LogP contribution in [0.25, 0.3) is 11.0 Å². The van der Waals surface area contributed by atoms with E-state index in [4.69, 9.17) is 4.42 Å². The molecule has 1 aromatic heterocycles. The molecule has 0 aliphatic carbocycles. The maximum absolute atomic E-state index is 13.3. The van der Waals surface area contributed by atoms with Crippen molar-refractivity contribution in [3.05, 3.63) is 93.4 Å². The molecule has 1 atom stereocenters. The molecule has 2 aromatic carbocycles. The molecule has 0 N–H and O–H groups in total. The van der Waals surface area contributed by atoms with E-state index >= 15 is 0 Å². The molecule has 0 radical (unpaired) electrons. The summed E-state index contributed by atoms with van der Waals surface area (Å²) in [5, 5.41) is 0.508. The minimum atomic E-state index is -0.461. The van der Waals surface area contributed by atoms with Crippen molar-refractivity contribution in [2.45, 2.75) is 19.9 Å². The van der Waals surface area contributed by atoms with Gasteiger partial charge in [-0.1, -0.05) is 47.5 Å². The van der Waals surface area contributed by atoms with Crippen molar-refractivity contribution < 1.29 is 9.21 Å². The molecule has 0 spiro atoms. The molecule has 1 amide bonds. The second-order valence-corrected chi connectivity index (χ2v) is 6.73. The summed E-state index contributed by atoms with van der Waals surface area (Å²) in [6.07, 6.45) is 1.67. The van der Waals surface area contributed by atoms with Crippen LogP contribution in [-0.2, 0) is 0 Å². The van der Waals surface area contributed by atoms with E-state index in [0.717, 1.165) is 16.7 Å². The Bertz CT molecular complexity index is 1090. The smallest absolute Gasteiger partial charge is 0.291 e. The van der Waals surface area contributed by atoms with Gasteiger partial charge in [0.2, 0.25) is 5.76 Å². The molecule has 4 heteroatoms. The lowest BCUT2D eigenvalue weighted by Crippen LogP contribution is -2.29. The Labute approximate surface area is 151 Å². The molecule has 0 saturated carbocycles. The van der Waals surface area contributed by atoms with E-state index in [1.807, 2.05) is 50.2 Å². The van der Waals surface area contributed by atoms with Crippen LogP contribution in [0.5, 0.6) is 0 Å². The van der Waals surface area contributed by atoms with Gasteiger partial charge in [0.05, 0.1) is 17.0 Å². The second kappa shape index (κ2) is 5.99. The molecular formula is C22H19NO3. The Morgan fingerprint density at radius 2 is 1.77 bits per heavy atom. The van der Waals surface area contributed by atoms with E-state index < -0.39 is 6.04 Å². The number of nitrogens with zero attached hydrogens (tertiary/aromatic N) is 1. The number of amides is 1. The fourth-order valence-corrected chi connectivity index (χ4v) is 3.56. The van der Waals surface area contributed by atoms with Gasteiger partial charge in [0.15, 0.2) is 5.43 Å². The summed E-state index contributed by atoms with van der Waals surface area (Å²) in [6, 6.07) is 12.8. The molecule has 0 fully saturated rings. The van der Waals surface area contributed by atoms with E-state index in [0.29, 0.717) is 23.1 Å². The quantitative estimate of drug-likeness (QED) is 0.670. The molecule has 0 saturated heterocycles. The molecule has 0 bridgehead atoms. The van der Waals surface area contributed by atoms with Gasteiger partial charge in [-0.15, -0.1) is 6.58 Å². The molecule has 26 heavy (non-hydrogen) atoms. The monoisotopic (exact) mass is 345 g/mol. The molecule has 2 heterocycles. The average Bonchev–Trinajstić information content (AvgIpc) is 2.90. The zero-order valence-electron chi connectivity index (χ0n) is 14.8. The minimum Gasteiger partial charge on any atom is -0.450 e. The van der Waals surface area contributed by atoms with E-state index in [9.17, 15) is 9.59 Å². The first-order valence-corrected chi connectivity index (χ1v) is 8.57. The summed E-state index contributed by atoms with van der Waals surface area (Å²) < 4.78 is 5.88. The predicted octanol–water partition coefficient (Wildman–Crippen LogP) is 4.14. The van der Waals surface area contributed by atoms with Crippen molar-refractivity contribution >= 4 is 16.9 Å². The van der Waals surface area contributed by atoms with Gasteiger partial charge in [0.25, 0.3) is 5.91 Å². The van der Waals surface area contributed by atoms with E-state index in [1.165, 1.54) is 0 Å². The van der Waals surface area contributed by atoms with Crippen LogP contribution in [-0.4, -0.2) is 17.4 Å². The first kappa shape index (κ1) is 16.3. The number of rotatable bonds is 3. The van der Waals surface area contributed by atoms with Gasteiger partial charge in [0, 0.05) is 6.54 Å². The number of benzene rings is 2. The van der Waals surface area contributed by atoms with E-state index in [2.05, 4.69) is 6.58 Å². The standard InChI is InChI=1S/C22H19NO3/c1-4-11-23-19(15-8-5-13(2)6-9-15)18-20(24)16-12-14(3)7-10-17(16)26-21(18)22(23)25/h4-10,12,19H,1,11H2,2-3H3/t19-/m0/s1. The molecule has 0 unspecified atom stereocenters. The van der Waals surface area contributed by atoms with Gasteiger partial charge >= 0.3 is 0 Å². The van der Waals surface area contributed by atoms with Crippen LogP contribution in [0.2, 0.25) is 0 Å². The van der Waals surface area contributed by atoms with Crippen molar-refractivity contribution in [3.8, 4) is 0 Å². The van der Waals surface area contributed by atoms with Crippen LogP contribution in [0.15, 0.2) is 64.3 Å². The molecular weight excluding hydrogens is 326 g/mol. The normalized spacial score (nSPS) is 16.2. The number of carbonyl (C=O) groups is 1. The highest BCUT2D eigenvalue weighted by molar-refractivity contribution is 5.99. The molecule has 3 aromatic rings. The number of hydrogen-bond acceptors (Lipinski definition) is 3. The van der Waals surface area contributed by atoms with Crippen molar-refractivity contribution in [2.24, 2.45) is 0 Å². The highest BCUT2D eigenvalue weighted by atomic mass is 16.3. The van der Waals surface area contributed by atoms with Gasteiger partial charge in [-0.25, -0.2) is 0 Å². The van der Waals surface area contributed by atoms with Crippen molar-refractivity contribution in [1.82, 2.24) is 4.90 Å². The fourth-order valence-electron chi connectivity index (χ4n) is 3.56. The Hall–Kier alpha value is -3.14. The zero-order chi connectivity index (χ0) is 18.4. The van der Waals surface area contributed by atoms with Gasteiger partial charge in [-0.3, -0.25) is 9.59 Å². The fraction of sp³-hybridized carbons (Fsp3) is 0.182. The Kier molecular flexibility index (Phi) is 3.76. The lowest BCUT2D eigenvalue weighted by molar-refractivity contribution is 0.0748. The SMILES string of the molecule is C=CCN1C(=O)c2oc3ccc(C)cc3c(=O)c2[C@@H]1c1ccc(C)cc1. The number of aryl methyl sites for hydroxylation is 2. The third kappa shape index (κ3) is 2.37. The lowest BCUT2D eigenvalue weighted by atomic mass is 9.97. The van der Waals surface area contributed by atoms with Crippen LogP contribution >= 0.6 is 0 Å². The topological polar surface area (TPSA) is 50.5 Å². The summed E-state index contributed by atoms with van der Waals surface area (Å²) in [5.41, 5.74) is 3.70. The molecule has 130 valence electrons. The van der Waals surface area contributed by atoms with Gasteiger partial charge in [-0.2, -0.15) is 0 Å². The highest BCUT2D eigenvalue weighted by Crippen LogP contribution is 2.38. The van der Waals surface area contributed by atoms with Gasteiger partial charge < -0.3 is 9.32 Å². The van der Waals surface area contributed by atoms with Gasteiger partial charge in [-0.05, 0) is 31.5 Å². The lowest BCUT2D eigenvalue weighted by Gasteiger charge is -2.23. The van der Waals surface area contributed by atoms with Crippen LogP contribution in [0, 0.1) is 13.8 Å². The van der Waals surface area contributed by atoms with E-state index in [1.54, 1.807) is 17.0 Å². The molecule has 1 aliphatic heterocycles. The summed E-state index contributed by atoms with van der Waals surface area (Å²) in [4.78, 5) is 27.8. The van der Waals surface area contributed by atoms with E-state index in [-0.39, 0.29) is 17.1 Å². The third-order valence-electron chi connectivity index (χ3n) is 4.84. The summed E-state index contributed by atoms with van der Waals surface area (Å²) >= 11 is 0. The Morgan fingerprint density at radius 3 is 2.46 bits per heavy atom. The van der Waals surface area contributed by atoms with Crippen LogP contribution in [0.4, 0.5) is 0 Å². The van der Waals surface area contributed by atoms with Crippen molar-refractivity contribution in [3.63, 3.8) is 0 Å². The summed E-state index contributed by atoms with van der Waals surface area (Å²) in [5.74, 6) is -0.135. The number of carbonyl (C=O) groups excluding carboxylic acids is 1. The number of hydrogen-bond donors (Lipinski definition) is 0. The Balaban J connectivity index is 2.02. The predicted molar refractivity (Wildman–Crippen MR) is 101 cm³/mol. The highest BCUT2D eigenvalue weighted by Gasteiger charge is 2.42. The maximum Gasteiger partial charge on any atom is 0.291 e.